The van der Waals surface area contributed by atoms with E-state index in [1.165, 1.54) is 36.4 Å². The van der Waals surface area contributed by atoms with Crippen LogP contribution in [0.1, 0.15) is 0 Å². The second-order valence-electron chi connectivity index (χ2n) is 5.90. The molecular formula is C20H14FN4O2S-. The van der Waals surface area contributed by atoms with Gasteiger partial charge in [0.25, 0.3) is 0 Å². The lowest BCUT2D eigenvalue weighted by Crippen LogP contribution is -2.02. The van der Waals surface area contributed by atoms with Gasteiger partial charge >= 0.3 is 0 Å². The third kappa shape index (κ3) is 3.77. The van der Waals surface area contributed by atoms with E-state index in [4.69, 9.17) is 0 Å². The van der Waals surface area contributed by atoms with E-state index in [2.05, 4.69) is 20.0 Å². The van der Waals surface area contributed by atoms with Gasteiger partial charge in [0.15, 0.2) is 0 Å². The van der Waals surface area contributed by atoms with Crippen LogP contribution in [0.4, 0.5) is 21.7 Å². The van der Waals surface area contributed by atoms with Crippen molar-refractivity contribution >= 4 is 38.4 Å². The van der Waals surface area contributed by atoms with E-state index in [1.54, 1.807) is 42.5 Å². The van der Waals surface area contributed by atoms with Gasteiger partial charge in [-0.05, 0) is 53.8 Å². The Morgan fingerprint density at radius 1 is 0.786 bits per heavy atom. The molecule has 0 amide bonds. The Kier molecular flexibility index (Phi) is 4.62. The van der Waals surface area contributed by atoms with Crippen molar-refractivity contribution in [2.45, 2.75) is 4.90 Å². The van der Waals surface area contributed by atoms with E-state index in [1.807, 2.05) is 0 Å². The summed E-state index contributed by atoms with van der Waals surface area (Å²) in [6.07, 6.45) is 0. The van der Waals surface area contributed by atoms with Crippen LogP contribution in [0.15, 0.2) is 83.8 Å². The summed E-state index contributed by atoms with van der Waals surface area (Å²) in [5.74, 6) is -0.302. The van der Waals surface area contributed by atoms with Crippen molar-refractivity contribution in [3.8, 4) is 0 Å². The molecule has 0 aliphatic carbocycles. The minimum Gasteiger partial charge on any atom is -0.431 e. The normalized spacial score (nSPS) is 11.3. The van der Waals surface area contributed by atoms with Crippen molar-refractivity contribution in [1.29, 1.82) is 0 Å². The van der Waals surface area contributed by atoms with Crippen molar-refractivity contribution in [1.82, 2.24) is 9.97 Å². The number of benzene rings is 3. The van der Waals surface area contributed by atoms with Gasteiger partial charge in [-0.3, -0.25) is 0 Å². The van der Waals surface area contributed by atoms with Crippen LogP contribution in [-0.2, 0) is 10.0 Å². The Bertz CT molecular complexity index is 1230. The lowest BCUT2D eigenvalue weighted by atomic mass is 10.3. The molecule has 0 aliphatic rings. The van der Waals surface area contributed by atoms with Crippen LogP contribution in [0.25, 0.3) is 15.8 Å². The van der Waals surface area contributed by atoms with E-state index in [0.29, 0.717) is 16.7 Å². The summed E-state index contributed by atoms with van der Waals surface area (Å²) in [6, 6.07) is 20.5. The molecule has 0 bridgehead atoms. The lowest BCUT2D eigenvalue weighted by molar-refractivity contribution is 0.603. The largest absolute Gasteiger partial charge is 0.431 e. The van der Waals surface area contributed by atoms with E-state index in [0.717, 1.165) is 0 Å². The zero-order chi connectivity index (χ0) is 19.6. The number of rotatable bonds is 5. The van der Waals surface area contributed by atoms with Crippen LogP contribution >= 0.6 is 0 Å². The Balaban J connectivity index is 1.78. The average Bonchev–Trinajstić information content (AvgIpc) is 2.70. The third-order valence-electron chi connectivity index (χ3n) is 3.91. The molecule has 3 aromatic carbocycles. The number of nitrogens with one attached hydrogen (secondary N) is 1. The molecule has 140 valence electrons. The SMILES string of the molecule is O=S(=O)([N-]c1nc2ccccc2nc1Nc1ccc(F)cc1)c1ccccc1. The standard InChI is InChI=1S/C20H14FN4O2S/c21-14-10-12-15(13-11-14)22-19-20(24-18-9-5-4-8-17(18)23-19)25-28(26,27)16-6-2-1-3-7-16/h1-13H,(H-,22,23,24,25)/q-1. The summed E-state index contributed by atoms with van der Waals surface area (Å²) in [4.78, 5) is 8.85. The van der Waals surface area contributed by atoms with Crippen molar-refractivity contribution < 1.29 is 12.8 Å². The summed E-state index contributed by atoms with van der Waals surface area (Å²) in [7, 11) is -3.98. The van der Waals surface area contributed by atoms with Gasteiger partial charge in [-0.2, -0.15) is 0 Å². The van der Waals surface area contributed by atoms with Gasteiger partial charge in [0.05, 0.1) is 10.4 Å². The van der Waals surface area contributed by atoms with E-state index < -0.39 is 10.0 Å². The first-order valence-electron chi connectivity index (χ1n) is 8.34. The Morgan fingerprint density at radius 3 is 2.07 bits per heavy atom. The predicted molar refractivity (Wildman–Crippen MR) is 106 cm³/mol. The molecule has 0 radical (unpaired) electrons. The van der Waals surface area contributed by atoms with E-state index in [9.17, 15) is 12.8 Å². The number of aromatic nitrogens is 2. The summed E-state index contributed by atoms with van der Waals surface area (Å²) >= 11 is 0. The van der Waals surface area contributed by atoms with Crippen LogP contribution in [-0.4, -0.2) is 18.4 Å². The first kappa shape index (κ1) is 17.9. The topological polar surface area (TPSA) is 86.1 Å². The van der Waals surface area contributed by atoms with E-state index in [-0.39, 0.29) is 22.3 Å². The quantitative estimate of drug-likeness (QED) is 0.521. The second-order valence-corrected chi connectivity index (χ2v) is 7.50. The highest BCUT2D eigenvalue weighted by Gasteiger charge is 2.12. The summed E-state index contributed by atoms with van der Waals surface area (Å²) in [6.45, 7) is 0. The van der Waals surface area contributed by atoms with Crippen molar-refractivity contribution in [2.75, 3.05) is 5.32 Å². The highest BCUT2D eigenvalue weighted by molar-refractivity contribution is 7.94. The highest BCUT2D eigenvalue weighted by Crippen LogP contribution is 2.34. The van der Waals surface area contributed by atoms with Crippen LogP contribution in [0.5, 0.6) is 0 Å². The molecule has 1 N–H and O–H groups in total. The van der Waals surface area contributed by atoms with Gasteiger partial charge in [0, 0.05) is 5.69 Å². The second kappa shape index (κ2) is 7.24. The van der Waals surface area contributed by atoms with Crippen molar-refractivity contribution in [2.24, 2.45) is 0 Å². The maximum absolute atomic E-state index is 13.2. The third-order valence-corrected chi connectivity index (χ3v) is 5.19. The summed E-state index contributed by atoms with van der Waals surface area (Å²) < 4.78 is 42.4. The molecular weight excluding hydrogens is 379 g/mol. The molecule has 8 heteroatoms. The fourth-order valence-electron chi connectivity index (χ4n) is 2.57. The molecule has 28 heavy (non-hydrogen) atoms. The van der Waals surface area contributed by atoms with Gasteiger partial charge in [-0.15, -0.1) is 0 Å². The zero-order valence-corrected chi connectivity index (χ0v) is 15.3. The molecule has 4 aromatic rings. The van der Waals surface area contributed by atoms with Gasteiger partial charge in [0.2, 0.25) is 10.0 Å². The molecule has 0 saturated heterocycles. The number of sulfonamides is 1. The minimum atomic E-state index is -3.98. The molecule has 4 rings (SSSR count). The monoisotopic (exact) mass is 393 g/mol. The molecule has 1 heterocycles. The zero-order valence-electron chi connectivity index (χ0n) is 14.4. The number of anilines is 2. The summed E-state index contributed by atoms with van der Waals surface area (Å²) in [5.41, 5.74) is 1.61. The molecule has 0 atom stereocenters. The Labute approximate surface area is 161 Å². The number of hydrogen-bond acceptors (Lipinski definition) is 5. The molecule has 6 nitrogen and oxygen atoms in total. The van der Waals surface area contributed by atoms with Crippen molar-refractivity contribution in [3.05, 3.63) is 89.4 Å². The molecule has 0 aliphatic heterocycles. The highest BCUT2D eigenvalue weighted by atomic mass is 32.2. The molecule has 0 unspecified atom stereocenters. The Hall–Kier alpha value is -3.52. The van der Waals surface area contributed by atoms with Gasteiger partial charge in [-0.1, -0.05) is 36.4 Å². The first-order valence-corrected chi connectivity index (χ1v) is 9.78. The lowest BCUT2D eigenvalue weighted by Gasteiger charge is -2.21. The number of halogens is 1. The van der Waals surface area contributed by atoms with Crippen LogP contribution in [0, 0.1) is 5.82 Å². The van der Waals surface area contributed by atoms with E-state index >= 15 is 0 Å². The molecule has 0 fully saturated rings. The fraction of sp³-hybridized carbons (Fsp3) is 0. The number of hydrogen-bond donors (Lipinski definition) is 1. The molecule has 0 spiro atoms. The Morgan fingerprint density at radius 2 is 1.39 bits per heavy atom. The van der Waals surface area contributed by atoms with Gasteiger partial charge < -0.3 is 15.0 Å². The smallest absolute Gasteiger partial charge is 0.202 e. The molecule has 1 aromatic heterocycles. The number of nitrogens with zero attached hydrogens (tertiary/aromatic N) is 3. The van der Waals surface area contributed by atoms with Gasteiger partial charge in [0.1, 0.15) is 11.6 Å². The van der Waals surface area contributed by atoms with Crippen LogP contribution < -0.4 is 5.32 Å². The maximum atomic E-state index is 13.2. The van der Waals surface area contributed by atoms with Gasteiger partial charge in [-0.25, -0.2) is 17.8 Å². The molecule has 0 saturated carbocycles. The maximum Gasteiger partial charge on any atom is 0.202 e. The summed E-state index contributed by atoms with van der Waals surface area (Å²) in [5, 5.41) is 2.97. The first-order chi connectivity index (χ1) is 13.5. The average molecular weight is 393 g/mol. The minimum absolute atomic E-state index is 0.0534. The predicted octanol–water partition coefficient (Wildman–Crippen LogP) is 4.91. The number of fused-ring (bicyclic) bond motifs is 1. The number of para-hydroxylation sites is 2. The van der Waals surface area contributed by atoms with Crippen molar-refractivity contribution in [3.63, 3.8) is 0 Å². The van der Waals surface area contributed by atoms with Crippen LogP contribution in [0.3, 0.4) is 0 Å². The van der Waals surface area contributed by atoms with Crippen LogP contribution in [0.2, 0.25) is 0 Å². The fourth-order valence-corrected chi connectivity index (χ4v) is 3.53.